The van der Waals surface area contributed by atoms with Gasteiger partial charge in [0.25, 0.3) is 0 Å². The van der Waals surface area contributed by atoms with Crippen LogP contribution in [0.4, 0.5) is 0 Å². The van der Waals surface area contributed by atoms with E-state index >= 15 is 0 Å². The zero-order valence-corrected chi connectivity index (χ0v) is 13.4. The summed E-state index contributed by atoms with van der Waals surface area (Å²) in [5, 5.41) is 0. The molecule has 0 aliphatic carbocycles. The summed E-state index contributed by atoms with van der Waals surface area (Å²) in [5.41, 5.74) is 1.98. The molecular weight excluding hydrogens is 326 g/mol. The number of amides is 1. The second-order valence-corrected chi connectivity index (χ2v) is 5.94. The van der Waals surface area contributed by atoms with Crippen LogP contribution in [0.5, 0.6) is 5.75 Å². The molecule has 0 unspecified atom stereocenters. The van der Waals surface area contributed by atoms with Gasteiger partial charge in [-0.2, -0.15) is 0 Å². The minimum Gasteiger partial charge on any atom is -0.483 e. The number of hydrogen-bond donors (Lipinski definition) is 0. The molecule has 0 aromatic heterocycles. The van der Waals surface area contributed by atoms with Crippen molar-refractivity contribution in [2.24, 2.45) is 0 Å². The normalized spacial score (nSPS) is 15.4. The van der Waals surface area contributed by atoms with Gasteiger partial charge in [-0.05, 0) is 46.8 Å². The predicted octanol–water partition coefficient (Wildman–Crippen LogP) is 3.74. The summed E-state index contributed by atoms with van der Waals surface area (Å²) in [7, 11) is 1.82. The van der Waals surface area contributed by atoms with Crippen molar-refractivity contribution in [1.29, 1.82) is 0 Å². The topological polar surface area (TPSA) is 29.5 Å². The second-order valence-electron chi connectivity index (χ2n) is 4.27. The fourth-order valence-corrected chi connectivity index (χ4v) is 2.80. The Morgan fingerprint density at radius 1 is 1.47 bits per heavy atom. The number of nitrogens with zero attached hydrogens (tertiary/aromatic N) is 1. The van der Waals surface area contributed by atoms with Crippen molar-refractivity contribution in [1.82, 2.24) is 4.90 Å². The van der Waals surface area contributed by atoms with Crippen molar-refractivity contribution in [3.8, 4) is 5.75 Å². The molecule has 102 valence electrons. The molecule has 1 aliphatic heterocycles. The number of ether oxygens (including phenoxy) is 1. The van der Waals surface area contributed by atoms with E-state index in [1.807, 2.05) is 31.5 Å². The Bertz CT molecular complexity index is 516. The lowest BCUT2D eigenvalue weighted by molar-refractivity contribution is -0.127. The van der Waals surface area contributed by atoms with E-state index in [2.05, 4.69) is 22.0 Å². The lowest BCUT2D eigenvalue weighted by atomic mass is 10.1. The Hall–Kier alpha value is -0.940. The Morgan fingerprint density at radius 2 is 2.26 bits per heavy atom. The van der Waals surface area contributed by atoms with Crippen LogP contribution in [0.15, 0.2) is 28.7 Å². The first-order chi connectivity index (χ1) is 9.13. The molecule has 2 rings (SSSR count). The first-order valence-electron chi connectivity index (χ1n) is 6.02. The van der Waals surface area contributed by atoms with Gasteiger partial charge in [-0.15, -0.1) is 11.8 Å². The highest BCUT2D eigenvalue weighted by atomic mass is 79.9. The van der Waals surface area contributed by atoms with Crippen molar-refractivity contribution in [3.05, 3.63) is 34.3 Å². The molecule has 0 fully saturated rings. The van der Waals surface area contributed by atoms with Crippen molar-refractivity contribution in [3.63, 3.8) is 0 Å². The number of halogens is 1. The summed E-state index contributed by atoms with van der Waals surface area (Å²) in [5.74, 6) is 1.62. The molecular formula is C14H16BrNO2S. The first kappa shape index (κ1) is 14.5. The summed E-state index contributed by atoms with van der Waals surface area (Å²) in [4.78, 5) is 13.5. The third-order valence-corrected chi connectivity index (χ3v) is 4.00. The van der Waals surface area contributed by atoms with Crippen LogP contribution in [0.3, 0.4) is 0 Å². The molecule has 0 radical (unpaired) electrons. The molecule has 1 aromatic rings. The molecule has 1 aliphatic rings. The van der Waals surface area contributed by atoms with Gasteiger partial charge in [0.2, 0.25) is 5.91 Å². The fraction of sp³-hybridized carbons (Fsp3) is 0.357. The molecule has 19 heavy (non-hydrogen) atoms. The van der Waals surface area contributed by atoms with E-state index in [0.29, 0.717) is 12.4 Å². The first-order valence-corrected chi connectivity index (χ1v) is 8.20. The van der Waals surface area contributed by atoms with E-state index in [0.717, 1.165) is 27.9 Å². The van der Waals surface area contributed by atoms with Crippen LogP contribution in [-0.2, 0) is 4.79 Å². The minimum absolute atomic E-state index is 0.159. The molecule has 0 saturated carbocycles. The molecule has 5 heteroatoms. The number of carbonyl (C=O) groups is 1. The van der Waals surface area contributed by atoms with Crippen LogP contribution in [0, 0.1) is 0 Å². The lowest BCUT2D eigenvalue weighted by Crippen LogP contribution is -2.27. The highest BCUT2D eigenvalue weighted by molar-refractivity contribution is 9.10. The highest BCUT2D eigenvalue weighted by Crippen LogP contribution is 2.32. The fourth-order valence-electron chi connectivity index (χ4n) is 1.98. The molecule has 0 saturated heterocycles. The maximum atomic E-state index is 11.7. The Kier molecular flexibility index (Phi) is 4.93. The molecule has 3 nitrogen and oxygen atoms in total. The molecule has 1 amide bonds. The number of allylic oxidation sites excluding steroid dienone is 1. The zero-order chi connectivity index (χ0) is 13.8. The Balaban J connectivity index is 2.26. The van der Waals surface area contributed by atoms with Crippen LogP contribution in [0.2, 0.25) is 0 Å². The summed E-state index contributed by atoms with van der Waals surface area (Å²) in [6.45, 7) is 0. The molecule has 0 atom stereocenters. The van der Waals surface area contributed by atoms with Gasteiger partial charge in [-0.3, -0.25) is 4.79 Å². The van der Waals surface area contributed by atoms with Crippen LogP contribution in [0.25, 0.3) is 5.70 Å². The van der Waals surface area contributed by atoms with Crippen LogP contribution >= 0.6 is 27.7 Å². The third kappa shape index (κ3) is 3.34. The monoisotopic (exact) mass is 341 g/mol. The quantitative estimate of drug-likeness (QED) is 0.781. The maximum absolute atomic E-state index is 11.7. The number of hydrogen-bond acceptors (Lipinski definition) is 3. The van der Waals surface area contributed by atoms with Gasteiger partial charge in [0.1, 0.15) is 11.7 Å². The van der Waals surface area contributed by atoms with Gasteiger partial charge in [-0.25, -0.2) is 0 Å². The number of benzene rings is 1. The van der Waals surface area contributed by atoms with E-state index in [4.69, 9.17) is 4.74 Å². The number of rotatable bonds is 4. The molecule has 0 N–H and O–H groups in total. The highest BCUT2D eigenvalue weighted by Gasteiger charge is 2.20. The summed E-state index contributed by atoms with van der Waals surface area (Å²) in [6.07, 6.45) is 5.49. The predicted molar refractivity (Wildman–Crippen MR) is 83.1 cm³/mol. The van der Waals surface area contributed by atoms with E-state index in [-0.39, 0.29) is 5.91 Å². The van der Waals surface area contributed by atoms with Gasteiger partial charge >= 0.3 is 0 Å². The van der Waals surface area contributed by atoms with Crippen LogP contribution < -0.4 is 4.74 Å². The van der Waals surface area contributed by atoms with Gasteiger partial charge in [0.15, 0.2) is 0 Å². The standard InChI is InChI=1S/C14H16BrNO2S/c1-16-13(4-3-5-14(16)17)11-7-6-10(8-12(11)15)18-9-19-2/h4,6-8H,3,5,9H2,1-2H3. The van der Waals surface area contributed by atoms with Crippen LogP contribution in [-0.4, -0.2) is 30.0 Å². The Morgan fingerprint density at radius 3 is 2.95 bits per heavy atom. The summed E-state index contributed by atoms with van der Waals surface area (Å²) < 4.78 is 6.50. The van der Waals surface area contributed by atoms with Crippen molar-refractivity contribution in [2.75, 3.05) is 19.2 Å². The lowest BCUT2D eigenvalue weighted by Gasteiger charge is -2.25. The SMILES string of the molecule is CSCOc1ccc(C2=CCCC(=O)N2C)c(Br)c1. The van der Waals surface area contributed by atoms with Crippen LogP contribution in [0.1, 0.15) is 18.4 Å². The molecule has 0 bridgehead atoms. The average molecular weight is 342 g/mol. The molecule has 1 heterocycles. The third-order valence-electron chi connectivity index (χ3n) is 2.99. The molecule has 0 spiro atoms. The van der Waals surface area contributed by atoms with Crippen molar-refractivity contribution >= 4 is 39.3 Å². The summed E-state index contributed by atoms with van der Waals surface area (Å²) in [6, 6.07) is 5.87. The van der Waals surface area contributed by atoms with Gasteiger partial charge in [0.05, 0.1) is 0 Å². The van der Waals surface area contributed by atoms with Crippen molar-refractivity contribution < 1.29 is 9.53 Å². The Labute approximate surface area is 126 Å². The van der Waals surface area contributed by atoms with E-state index < -0.39 is 0 Å². The summed E-state index contributed by atoms with van der Waals surface area (Å²) >= 11 is 5.19. The van der Waals surface area contributed by atoms with Gasteiger partial charge in [-0.1, -0.05) is 6.08 Å². The van der Waals surface area contributed by atoms with E-state index in [9.17, 15) is 4.79 Å². The van der Waals surface area contributed by atoms with Gasteiger partial charge in [0, 0.05) is 29.2 Å². The smallest absolute Gasteiger partial charge is 0.227 e. The average Bonchev–Trinajstić information content (AvgIpc) is 2.40. The molecule has 1 aromatic carbocycles. The maximum Gasteiger partial charge on any atom is 0.227 e. The number of carbonyl (C=O) groups excluding carboxylic acids is 1. The number of thioether (sulfide) groups is 1. The largest absolute Gasteiger partial charge is 0.483 e. The second kappa shape index (κ2) is 6.48. The van der Waals surface area contributed by atoms with Gasteiger partial charge < -0.3 is 9.64 Å². The van der Waals surface area contributed by atoms with Crippen molar-refractivity contribution in [2.45, 2.75) is 12.8 Å². The van der Waals surface area contributed by atoms with E-state index in [1.54, 1.807) is 16.7 Å². The van der Waals surface area contributed by atoms with E-state index in [1.165, 1.54) is 0 Å². The minimum atomic E-state index is 0.159. The zero-order valence-electron chi connectivity index (χ0n) is 11.0.